The average molecular weight is 463 g/mol. The predicted molar refractivity (Wildman–Crippen MR) is 112 cm³/mol. The van der Waals surface area contributed by atoms with Crippen LogP contribution in [0.2, 0.25) is 0 Å². The Morgan fingerprint density at radius 3 is 2.61 bits per heavy atom. The molecule has 2 amide bonds. The minimum Gasteiger partial charge on any atom is -0.491 e. The van der Waals surface area contributed by atoms with E-state index in [1.807, 2.05) is 6.92 Å². The Bertz CT molecular complexity index is 1220. The van der Waals surface area contributed by atoms with Crippen molar-refractivity contribution in [3.05, 3.63) is 30.2 Å². The number of hydrogen-bond acceptors (Lipinski definition) is 7. The molecule has 3 aromatic heterocycles. The number of pyridine rings is 2. The second kappa shape index (κ2) is 8.56. The molecule has 0 saturated heterocycles. The van der Waals surface area contributed by atoms with Gasteiger partial charge in [-0.3, -0.25) is 19.6 Å². The van der Waals surface area contributed by atoms with Crippen LogP contribution < -0.4 is 20.7 Å². The fourth-order valence-electron chi connectivity index (χ4n) is 3.28. The number of rotatable bonds is 7. The zero-order valence-corrected chi connectivity index (χ0v) is 17.7. The quantitative estimate of drug-likeness (QED) is 0.460. The highest BCUT2D eigenvalue weighted by Gasteiger charge is 2.33. The molecule has 0 aliphatic heterocycles. The third-order valence-corrected chi connectivity index (χ3v) is 4.99. The molecule has 3 N–H and O–H groups in total. The fourth-order valence-corrected chi connectivity index (χ4v) is 3.28. The Labute approximate surface area is 185 Å². The Balaban J connectivity index is 1.75. The summed E-state index contributed by atoms with van der Waals surface area (Å²) in [5.41, 5.74) is 0.172. The Morgan fingerprint density at radius 1 is 1.21 bits per heavy atom. The van der Waals surface area contributed by atoms with E-state index in [-0.39, 0.29) is 34.9 Å². The number of nitrogens with one attached hydrogen (secondary N) is 3. The van der Waals surface area contributed by atoms with Crippen LogP contribution >= 0.6 is 0 Å². The Morgan fingerprint density at radius 2 is 1.97 bits per heavy atom. The van der Waals surface area contributed by atoms with E-state index in [0.717, 1.165) is 24.4 Å². The molecule has 10 nitrogen and oxygen atoms in total. The Kier molecular flexibility index (Phi) is 5.78. The van der Waals surface area contributed by atoms with Crippen molar-refractivity contribution in [2.75, 3.05) is 17.7 Å². The molecule has 174 valence electrons. The molecule has 0 spiro atoms. The number of anilines is 3. The second-order valence-electron chi connectivity index (χ2n) is 7.36. The number of fused-ring (bicyclic) bond motifs is 1. The van der Waals surface area contributed by atoms with Crippen molar-refractivity contribution < 1.29 is 27.5 Å². The van der Waals surface area contributed by atoms with Gasteiger partial charge in [0.2, 0.25) is 5.91 Å². The number of nitrogens with zero attached hydrogens (tertiary/aromatic N) is 4. The van der Waals surface area contributed by atoms with Crippen molar-refractivity contribution in [1.29, 1.82) is 0 Å². The van der Waals surface area contributed by atoms with Gasteiger partial charge in [0.05, 0.1) is 24.6 Å². The average Bonchev–Trinajstić information content (AvgIpc) is 3.52. The van der Waals surface area contributed by atoms with Gasteiger partial charge < -0.3 is 15.4 Å². The smallest absolute Gasteiger partial charge is 0.484 e. The summed E-state index contributed by atoms with van der Waals surface area (Å²) in [4.78, 5) is 32.6. The first-order valence-electron chi connectivity index (χ1n) is 10.1. The van der Waals surface area contributed by atoms with E-state index < -0.39 is 17.8 Å². The van der Waals surface area contributed by atoms with Crippen LogP contribution in [-0.4, -0.2) is 45.0 Å². The standard InChI is InChI=1S/C20H20F3N7O3/c1-3-30-15-11(8-26-30)7-25-17(16(15)33-2)27-13-6-14(28-18(31)10-4-5-10)24-9-12(13)19(32)29-20(21,22)23/h6-10H,3-5H2,1-2H3,(H,29,32)(H2,24,25,27,28,31). The number of alkyl halides is 3. The summed E-state index contributed by atoms with van der Waals surface area (Å²) in [6.45, 7) is 2.42. The van der Waals surface area contributed by atoms with Crippen molar-refractivity contribution >= 4 is 40.0 Å². The fraction of sp³-hybridized carbons (Fsp3) is 0.350. The van der Waals surface area contributed by atoms with Crippen molar-refractivity contribution in [2.45, 2.75) is 32.6 Å². The number of methoxy groups -OCH3 is 1. The van der Waals surface area contributed by atoms with E-state index in [0.29, 0.717) is 17.4 Å². The molecule has 33 heavy (non-hydrogen) atoms. The molecule has 1 fully saturated rings. The summed E-state index contributed by atoms with van der Waals surface area (Å²) in [5, 5.41) is 11.4. The number of ether oxygens (including phenoxy) is 1. The number of amides is 2. The van der Waals surface area contributed by atoms with Gasteiger partial charge in [0.15, 0.2) is 11.6 Å². The van der Waals surface area contributed by atoms with Crippen LogP contribution in [0.15, 0.2) is 24.7 Å². The second-order valence-corrected chi connectivity index (χ2v) is 7.36. The first-order chi connectivity index (χ1) is 15.7. The number of hydrogen-bond donors (Lipinski definition) is 3. The van der Waals surface area contributed by atoms with E-state index in [2.05, 4.69) is 25.7 Å². The largest absolute Gasteiger partial charge is 0.491 e. The topological polar surface area (TPSA) is 123 Å². The van der Waals surface area contributed by atoms with Gasteiger partial charge in [0.25, 0.3) is 5.91 Å². The molecule has 0 aromatic carbocycles. The van der Waals surface area contributed by atoms with E-state index >= 15 is 0 Å². The summed E-state index contributed by atoms with van der Waals surface area (Å²) in [6, 6.07) is 1.27. The minimum absolute atomic E-state index is 0.0504. The lowest BCUT2D eigenvalue weighted by Crippen LogP contribution is -2.37. The summed E-state index contributed by atoms with van der Waals surface area (Å²) >= 11 is 0. The highest BCUT2D eigenvalue weighted by molar-refractivity contribution is 6.02. The third kappa shape index (κ3) is 4.81. The maximum Gasteiger partial charge on any atom is 0.484 e. The number of carbonyl (C=O) groups excluding carboxylic acids is 2. The summed E-state index contributed by atoms with van der Waals surface area (Å²) in [6.07, 6.45) is 0.664. The number of carbonyl (C=O) groups is 2. The summed E-state index contributed by atoms with van der Waals surface area (Å²) < 4.78 is 45.5. The van der Waals surface area contributed by atoms with Crippen LogP contribution in [0.3, 0.4) is 0 Å². The zero-order chi connectivity index (χ0) is 23.8. The Hall–Kier alpha value is -3.90. The van der Waals surface area contributed by atoms with Crippen molar-refractivity contribution in [1.82, 2.24) is 25.1 Å². The molecule has 3 heterocycles. The summed E-state index contributed by atoms with van der Waals surface area (Å²) in [5.74, 6) is -1.27. The summed E-state index contributed by atoms with van der Waals surface area (Å²) in [7, 11) is 1.42. The predicted octanol–water partition coefficient (Wildman–Crippen LogP) is 3.20. The molecule has 0 bridgehead atoms. The molecule has 0 unspecified atom stereocenters. The SMILES string of the molecule is CCn1ncc2cnc(Nc3cc(NC(=O)C4CC4)ncc3C(=O)NC(F)(F)F)c(OC)c21. The lowest BCUT2D eigenvalue weighted by Gasteiger charge is -2.16. The normalized spacial score (nSPS) is 13.6. The highest BCUT2D eigenvalue weighted by Crippen LogP contribution is 2.35. The highest BCUT2D eigenvalue weighted by atomic mass is 19.4. The molecule has 1 saturated carbocycles. The molecule has 3 aromatic rings. The van der Waals surface area contributed by atoms with Gasteiger partial charge in [-0.2, -0.15) is 18.3 Å². The van der Waals surface area contributed by atoms with Crippen LogP contribution in [0.1, 0.15) is 30.1 Å². The van der Waals surface area contributed by atoms with Gasteiger partial charge in [-0.15, -0.1) is 0 Å². The van der Waals surface area contributed by atoms with Gasteiger partial charge in [-0.1, -0.05) is 0 Å². The number of halogens is 3. The lowest BCUT2D eigenvalue weighted by molar-refractivity contribution is -0.146. The number of aryl methyl sites for hydroxylation is 1. The van der Waals surface area contributed by atoms with Crippen LogP contribution in [0, 0.1) is 5.92 Å². The van der Waals surface area contributed by atoms with E-state index in [1.54, 1.807) is 10.9 Å². The van der Waals surface area contributed by atoms with Crippen molar-refractivity contribution in [3.8, 4) is 5.75 Å². The van der Waals surface area contributed by atoms with Gasteiger partial charge >= 0.3 is 6.30 Å². The third-order valence-electron chi connectivity index (χ3n) is 4.99. The maximum atomic E-state index is 12.8. The van der Waals surface area contributed by atoms with E-state index in [1.165, 1.54) is 19.4 Å². The first kappa shape index (κ1) is 22.3. The van der Waals surface area contributed by atoms with Gasteiger partial charge in [0, 0.05) is 36.3 Å². The van der Waals surface area contributed by atoms with E-state index in [4.69, 9.17) is 4.74 Å². The van der Waals surface area contributed by atoms with Crippen molar-refractivity contribution in [3.63, 3.8) is 0 Å². The maximum absolute atomic E-state index is 12.8. The van der Waals surface area contributed by atoms with Crippen LogP contribution in [0.4, 0.5) is 30.5 Å². The van der Waals surface area contributed by atoms with E-state index in [9.17, 15) is 22.8 Å². The van der Waals surface area contributed by atoms with Crippen LogP contribution in [-0.2, 0) is 11.3 Å². The zero-order valence-electron chi connectivity index (χ0n) is 17.7. The van der Waals surface area contributed by atoms with Gasteiger partial charge in [-0.25, -0.2) is 9.97 Å². The molecular weight excluding hydrogens is 443 g/mol. The molecule has 4 rings (SSSR count). The lowest BCUT2D eigenvalue weighted by atomic mass is 10.2. The minimum atomic E-state index is -4.93. The van der Waals surface area contributed by atoms with Crippen LogP contribution in [0.25, 0.3) is 10.9 Å². The molecule has 0 atom stereocenters. The van der Waals surface area contributed by atoms with Crippen LogP contribution in [0.5, 0.6) is 5.75 Å². The molecular formula is C20H20F3N7O3. The molecule has 13 heteroatoms. The number of aromatic nitrogens is 4. The molecule has 1 aliphatic carbocycles. The van der Waals surface area contributed by atoms with Crippen molar-refractivity contribution in [2.24, 2.45) is 5.92 Å². The van der Waals surface area contributed by atoms with Gasteiger partial charge in [-0.05, 0) is 19.8 Å². The molecule has 1 aliphatic rings. The monoisotopic (exact) mass is 463 g/mol. The first-order valence-corrected chi connectivity index (χ1v) is 10.1. The van der Waals surface area contributed by atoms with Gasteiger partial charge in [0.1, 0.15) is 11.3 Å². The molecule has 0 radical (unpaired) electrons.